The van der Waals surface area contributed by atoms with Crippen molar-refractivity contribution in [2.24, 2.45) is 0 Å². The van der Waals surface area contributed by atoms with Crippen LogP contribution in [0, 0.1) is 0 Å². The van der Waals surface area contributed by atoms with Gasteiger partial charge in [-0.2, -0.15) is 0 Å². The molecule has 2 nitrogen and oxygen atoms in total. The SMILES string of the molecule is OCCc1ccccc1COPI. The molecule has 0 spiro atoms. The van der Waals surface area contributed by atoms with E-state index in [2.05, 4.69) is 22.0 Å². The third kappa shape index (κ3) is 3.90. The molecule has 72 valence electrons. The average molecular weight is 310 g/mol. The molecular formula is C9H12IO2P. The summed E-state index contributed by atoms with van der Waals surface area (Å²) in [6.45, 7) is 1.34. The molecule has 1 N–H and O–H groups in total. The minimum absolute atomic E-state index is 0.198. The zero-order valence-corrected chi connectivity index (χ0v) is 10.3. The van der Waals surface area contributed by atoms with Crippen molar-refractivity contribution in [3.63, 3.8) is 0 Å². The highest BCUT2D eigenvalue weighted by molar-refractivity contribution is 14.2. The van der Waals surface area contributed by atoms with Crippen molar-refractivity contribution < 1.29 is 9.63 Å². The number of halogens is 1. The zero-order valence-electron chi connectivity index (χ0n) is 7.16. The molecule has 0 radical (unpaired) electrons. The van der Waals surface area contributed by atoms with Gasteiger partial charge in [0.15, 0.2) is 0 Å². The van der Waals surface area contributed by atoms with Gasteiger partial charge in [-0.15, -0.1) is 0 Å². The molecule has 0 heterocycles. The van der Waals surface area contributed by atoms with Crippen LogP contribution in [0.15, 0.2) is 24.3 Å². The molecule has 1 rings (SSSR count). The summed E-state index contributed by atoms with van der Waals surface area (Å²) in [5.41, 5.74) is 2.36. The van der Waals surface area contributed by atoms with E-state index in [1.54, 1.807) is 0 Å². The normalized spacial score (nSPS) is 11.2. The van der Waals surface area contributed by atoms with E-state index in [0.29, 0.717) is 19.5 Å². The van der Waals surface area contributed by atoms with Crippen molar-refractivity contribution in [2.75, 3.05) is 6.61 Å². The second-order valence-corrected chi connectivity index (χ2v) is 4.37. The van der Waals surface area contributed by atoms with Gasteiger partial charge in [-0.3, -0.25) is 0 Å². The van der Waals surface area contributed by atoms with Crippen molar-refractivity contribution in [3.05, 3.63) is 35.4 Å². The summed E-state index contributed by atoms with van der Waals surface area (Å²) in [6, 6.07) is 8.06. The smallest absolute Gasteiger partial charge is 0.0798 e. The first-order chi connectivity index (χ1) is 6.38. The predicted octanol–water partition coefficient (Wildman–Crippen LogP) is 2.68. The second kappa shape index (κ2) is 6.71. The highest BCUT2D eigenvalue weighted by Crippen LogP contribution is 2.24. The lowest BCUT2D eigenvalue weighted by molar-refractivity contribution is 0.297. The first kappa shape index (κ1) is 11.4. The molecule has 0 saturated carbocycles. The third-order valence-electron chi connectivity index (χ3n) is 1.78. The molecule has 0 fully saturated rings. The van der Waals surface area contributed by atoms with Crippen LogP contribution in [0.1, 0.15) is 11.1 Å². The van der Waals surface area contributed by atoms with Crippen LogP contribution in [-0.4, -0.2) is 11.7 Å². The standard InChI is InChI=1S/C9H12IO2P/c10-13-12-7-9-4-2-1-3-8(9)5-6-11/h1-4,11,13H,5-7H2. The van der Waals surface area contributed by atoms with Gasteiger partial charge in [-0.05, 0) is 39.6 Å². The topological polar surface area (TPSA) is 29.5 Å². The number of hydrogen-bond donors (Lipinski definition) is 1. The van der Waals surface area contributed by atoms with Crippen LogP contribution in [0.5, 0.6) is 0 Å². The summed E-state index contributed by atoms with van der Waals surface area (Å²) in [5.74, 6) is 0. The average Bonchev–Trinajstić information content (AvgIpc) is 2.17. The maximum absolute atomic E-state index is 8.83. The summed E-state index contributed by atoms with van der Waals surface area (Å²) in [5, 5.41) is 8.83. The lowest BCUT2D eigenvalue weighted by atomic mass is 10.1. The fourth-order valence-corrected chi connectivity index (χ4v) is 1.84. The Morgan fingerprint density at radius 1 is 1.31 bits per heavy atom. The van der Waals surface area contributed by atoms with Gasteiger partial charge in [0.25, 0.3) is 0 Å². The van der Waals surface area contributed by atoms with E-state index in [1.807, 2.05) is 24.3 Å². The first-order valence-electron chi connectivity index (χ1n) is 4.03. The van der Waals surface area contributed by atoms with Crippen molar-refractivity contribution in [1.29, 1.82) is 0 Å². The Morgan fingerprint density at radius 3 is 2.62 bits per heavy atom. The molecule has 0 saturated heterocycles. The second-order valence-electron chi connectivity index (χ2n) is 2.61. The molecule has 0 aliphatic rings. The summed E-state index contributed by atoms with van der Waals surface area (Å²) < 4.78 is 5.34. The van der Waals surface area contributed by atoms with Gasteiger partial charge in [0, 0.05) is 6.61 Å². The monoisotopic (exact) mass is 310 g/mol. The van der Waals surface area contributed by atoms with Crippen LogP contribution >= 0.6 is 28.5 Å². The summed E-state index contributed by atoms with van der Waals surface area (Å²) in [4.78, 5) is 0. The number of rotatable bonds is 5. The third-order valence-corrected chi connectivity index (χ3v) is 2.97. The fourth-order valence-electron chi connectivity index (χ4n) is 1.17. The van der Waals surface area contributed by atoms with Crippen LogP contribution in [0.25, 0.3) is 0 Å². The van der Waals surface area contributed by atoms with Crippen LogP contribution < -0.4 is 0 Å². The first-order valence-corrected chi connectivity index (χ1v) is 8.05. The minimum Gasteiger partial charge on any atom is -0.396 e. The lowest BCUT2D eigenvalue weighted by Gasteiger charge is -2.06. The molecule has 1 aromatic carbocycles. The van der Waals surface area contributed by atoms with E-state index in [-0.39, 0.29) is 6.61 Å². The quantitative estimate of drug-likeness (QED) is 0.669. The van der Waals surface area contributed by atoms with Gasteiger partial charge in [0.2, 0.25) is 0 Å². The van der Waals surface area contributed by atoms with E-state index in [4.69, 9.17) is 9.63 Å². The summed E-state index contributed by atoms with van der Waals surface area (Å²) >= 11 is 2.20. The maximum atomic E-state index is 8.83. The van der Waals surface area contributed by atoms with Crippen molar-refractivity contribution in [2.45, 2.75) is 13.0 Å². The molecule has 1 unspecified atom stereocenters. The molecule has 0 aliphatic heterocycles. The molecule has 1 aromatic rings. The van der Waals surface area contributed by atoms with Gasteiger partial charge in [-0.1, -0.05) is 24.3 Å². The summed E-state index contributed by atoms with van der Waals surface area (Å²) in [7, 11) is 0. The van der Waals surface area contributed by atoms with Gasteiger partial charge in [0.1, 0.15) is 0 Å². The zero-order chi connectivity index (χ0) is 9.52. The van der Waals surface area contributed by atoms with E-state index in [0.717, 1.165) is 0 Å². The Balaban J connectivity index is 2.66. The highest BCUT2D eigenvalue weighted by atomic mass is 127. The number of hydrogen-bond acceptors (Lipinski definition) is 2. The van der Waals surface area contributed by atoms with Gasteiger partial charge in [-0.25, -0.2) is 0 Å². The molecule has 13 heavy (non-hydrogen) atoms. The highest BCUT2D eigenvalue weighted by Gasteiger charge is 2.00. The Bertz CT molecular complexity index is 255. The van der Waals surface area contributed by atoms with Gasteiger partial charge in [0.05, 0.1) is 13.1 Å². The molecule has 4 heteroatoms. The Hall–Kier alpha value is 0.300. The Kier molecular flexibility index (Phi) is 5.87. The van der Waals surface area contributed by atoms with Crippen LogP contribution in [0.3, 0.4) is 0 Å². The lowest BCUT2D eigenvalue weighted by Crippen LogP contribution is -1.97. The van der Waals surface area contributed by atoms with E-state index in [1.165, 1.54) is 11.1 Å². The largest absolute Gasteiger partial charge is 0.396 e. The molecule has 0 bridgehead atoms. The molecule has 0 amide bonds. The molecule has 0 aromatic heterocycles. The minimum atomic E-state index is 0.198. The van der Waals surface area contributed by atoms with E-state index >= 15 is 0 Å². The van der Waals surface area contributed by atoms with Crippen LogP contribution in [0.4, 0.5) is 0 Å². The number of aliphatic hydroxyl groups excluding tert-OH is 1. The number of benzene rings is 1. The maximum Gasteiger partial charge on any atom is 0.0798 e. The fraction of sp³-hybridized carbons (Fsp3) is 0.333. The van der Waals surface area contributed by atoms with Gasteiger partial charge >= 0.3 is 0 Å². The molecule has 1 atom stereocenters. The van der Waals surface area contributed by atoms with Gasteiger partial charge < -0.3 is 9.63 Å². The Labute approximate surface area is 93.0 Å². The molecule has 0 aliphatic carbocycles. The summed E-state index contributed by atoms with van der Waals surface area (Å²) in [6.07, 6.45) is 0.712. The van der Waals surface area contributed by atoms with Crippen molar-refractivity contribution in [3.8, 4) is 0 Å². The van der Waals surface area contributed by atoms with E-state index < -0.39 is 0 Å². The van der Waals surface area contributed by atoms with Crippen LogP contribution in [0.2, 0.25) is 0 Å². The Morgan fingerprint density at radius 2 is 2.00 bits per heavy atom. The predicted molar refractivity (Wildman–Crippen MR) is 64.4 cm³/mol. The van der Waals surface area contributed by atoms with E-state index in [9.17, 15) is 0 Å². The number of aliphatic hydroxyl groups is 1. The van der Waals surface area contributed by atoms with Crippen molar-refractivity contribution in [1.82, 2.24) is 0 Å². The van der Waals surface area contributed by atoms with Crippen LogP contribution in [-0.2, 0) is 17.6 Å². The molecular weight excluding hydrogens is 298 g/mol. The van der Waals surface area contributed by atoms with Crippen molar-refractivity contribution >= 4 is 28.5 Å².